The van der Waals surface area contributed by atoms with Gasteiger partial charge >= 0.3 is 12.1 Å². The number of carbonyl (C=O) groups is 2. The summed E-state index contributed by atoms with van der Waals surface area (Å²) in [5.74, 6) is -0.576. The molecule has 7 heteroatoms. The number of nitrogens with zero attached hydrogens (tertiary/aromatic N) is 1. The SMILES string of the molecule is CCC(=O)ON(COCCO)C(=O)OC(C)(C)C. The summed E-state index contributed by atoms with van der Waals surface area (Å²) >= 11 is 0. The van der Waals surface area contributed by atoms with Gasteiger partial charge in [0.25, 0.3) is 0 Å². The van der Waals surface area contributed by atoms with Crippen LogP contribution >= 0.6 is 0 Å². The van der Waals surface area contributed by atoms with E-state index in [1.807, 2.05) is 0 Å². The van der Waals surface area contributed by atoms with Gasteiger partial charge in [-0.1, -0.05) is 6.92 Å². The Labute approximate surface area is 107 Å². The van der Waals surface area contributed by atoms with Crippen LogP contribution in [0.2, 0.25) is 0 Å². The van der Waals surface area contributed by atoms with E-state index in [2.05, 4.69) is 0 Å². The standard InChI is InChI=1S/C11H21NO6/c1-5-9(14)18-12(8-16-7-6-13)10(15)17-11(2,3)4/h13H,5-8H2,1-4H3. The molecule has 7 nitrogen and oxygen atoms in total. The van der Waals surface area contributed by atoms with Crippen molar-refractivity contribution in [2.45, 2.75) is 39.7 Å². The number of amides is 1. The van der Waals surface area contributed by atoms with Crippen molar-refractivity contribution in [3.8, 4) is 0 Å². The van der Waals surface area contributed by atoms with Gasteiger partial charge in [-0.05, 0) is 20.8 Å². The summed E-state index contributed by atoms with van der Waals surface area (Å²) in [5, 5.41) is 9.25. The predicted molar refractivity (Wildman–Crippen MR) is 62.4 cm³/mol. The fourth-order valence-electron chi connectivity index (χ4n) is 0.829. The Morgan fingerprint density at radius 1 is 1.28 bits per heavy atom. The van der Waals surface area contributed by atoms with Crippen LogP contribution in [0.4, 0.5) is 4.79 Å². The Balaban J connectivity index is 4.43. The molecule has 0 aromatic rings. The fraction of sp³-hybridized carbons (Fsp3) is 0.818. The van der Waals surface area contributed by atoms with E-state index >= 15 is 0 Å². The lowest BCUT2D eigenvalue weighted by Gasteiger charge is -2.25. The number of hydrogen-bond donors (Lipinski definition) is 1. The monoisotopic (exact) mass is 263 g/mol. The van der Waals surface area contributed by atoms with Crippen molar-refractivity contribution in [1.82, 2.24) is 5.06 Å². The van der Waals surface area contributed by atoms with Crippen LogP contribution in [0.1, 0.15) is 34.1 Å². The van der Waals surface area contributed by atoms with E-state index in [0.29, 0.717) is 5.06 Å². The first-order chi connectivity index (χ1) is 8.30. The highest BCUT2D eigenvalue weighted by Gasteiger charge is 2.25. The molecule has 0 rings (SSSR count). The van der Waals surface area contributed by atoms with Crippen LogP contribution in [0.15, 0.2) is 0 Å². The van der Waals surface area contributed by atoms with E-state index in [9.17, 15) is 9.59 Å². The molecule has 0 bridgehead atoms. The molecule has 1 amide bonds. The number of hydrogen-bond acceptors (Lipinski definition) is 6. The predicted octanol–water partition coefficient (Wildman–Crippen LogP) is 1.06. The number of aliphatic hydroxyl groups excluding tert-OH is 1. The zero-order valence-corrected chi connectivity index (χ0v) is 11.3. The molecule has 0 fully saturated rings. The molecule has 0 radical (unpaired) electrons. The second-order valence-corrected chi connectivity index (χ2v) is 4.44. The largest absolute Gasteiger partial charge is 0.446 e. The highest BCUT2D eigenvalue weighted by atomic mass is 16.8. The van der Waals surface area contributed by atoms with Gasteiger partial charge in [-0.15, -0.1) is 5.06 Å². The molecular weight excluding hydrogens is 242 g/mol. The Morgan fingerprint density at radius 2 is 1.89 bits per heavy atom. The summed E-state index contributed by atoms with van der Waals surface area (Å²) in [7, 11) is 0. The van der Waals surface area contributed by atoms with Gasteiger partial charge in [-0.25, -0.2) is 9.59 Å². The average Bonchev–Trinajstić information content (AvgIpc) is 2.25. The molecule has 0 unspecified atom stereocenters. The molecule has 0 heterocycles. The van der Waals surface area contributed by atoms with Crippen molar-refractivity contribution in [2.75, 3.05) is 19.9 Å². The van der Waals surface area contributed by atoms with Crippen LogP contribution in [0.25, 0.3) is 0 Å². The molecule has 0 saturated heterocycles. The number of carbonyl (C=O) groups excluding carboxylic acids is 2. The topological polar surface area (TPSA) is 85.3 Å². The van der Waals surface area contributed by atoms with E-state index in [0.717, 1.165) is 0 Å². The highest BCUT2D eigenvalue weighted by Crippen LogP contribution is 2.10. The summed E-state index contributed by atoms with van der Waals surface area (Å²) in [4.78, 5) is 27.6. The summed E-state index contributed by atoms with van der Waals surface area (Å²) in [6, 6.07) is 0. The van der Waals surface area contributed by atoms with Gasteiger partial charge in [0.15, 0.2) is 6.73 Å². The van der Waals surface area contributed by atoms with E-state index in [1.54, 1.807) is 27.7 Å². The van der Waals surface area contributed by atoms with E-state index in [-0.39, 0.29) is 26.4 Å². The molecule has 0 aliphatic rings. The minimum Gasteiger partial charge on any atom is -0.442 e. The van der Waals surface area contributed by atoms with E-state index in [4.69, 9.17) is 19.4 Å². The molecule has 0 aliphatic heterocycles. The van der Waals surface area contributed by atoms with Gasteiger partial charge in [0.2, 0.25) is 0 Å². The maximum Gasteiger partial charge on any atom is 0.446 e. The van der Waals surface area contributed by atoms with Crippen molar-refractivity contribution in [3.63, 3.8) is 0 Å². The number of rotatable bonds is 5. The zero-order chi connectivity index (χ0) is 14.2. The minimum absolute atomic E-state index is 0.0307. The van der Waals surface area contributed by atoms with Crippen LogP contribution in [0.5, 0.6) is 0 Å². The summed E-state index contributed by atoms with van der Waals surface area (Å²) in [5.41, 5.74) is -0.703. The van der Waals surface area contributed by atoms with Gasteiger partial charge in [0, 0.05) is 6.42 Å². The summed E-state index contributed by atoms with van der Waals surface area (Å²) in [6.45, 7) is 6.23. The number of hydroxylamine groups is 2. The lowest BCUT2D eigenvalue weighted by molar-refractivity contribution is -0.203. The van der Waals surface area contributed by atoms with Crippen LogP contribution < -0.4 is 0 Å². The van der Waals surface area contributed by atoms with E-state index in [1.165, 1.54) is 0 Å². The van der Waals surface area contributed by atoms with E-state index < -0.39 is 17.7 Å². The smallest absolute Gasteiger partial charge is 0.442 e. The highest BCUT2D eigenvalue weighted by molar-refractivity contribution is 5.73. The zero-order valence-electron chi connectivity index (χ0n) is 11.3. The maximum absolute atomic E-state index is 11.7. The molecule has 18 heavy (non-hydrogen) atoms. The van der Waals surface area contributed by atoms with Crippen molar-refractivity contribution >= 4 is 12.1 Å². The first kappa shape index (κ1) is 16.7. The van der Waals surface area contributed by atoms with Crippen LogP contribution in [0, 0.1) is 0 Å². The third-order valence-corrected chi connectivity index (χ3v) is 1.54. The normalized spacial score (nSPS) is 10.9. The van der Waals surface area contributed by atoms with Crippen molar-refractivity contribution in [1.29, 1.82) is 0 Å². The van der Waals surface area contributed by atoms with Gasteiger partial charge in [0.05, 0.1) is 13.2 Å². The molecule has 0 saturated carbocycles. The molecular formula is C11H21NO6. The fourth-order valence-corrected chi connectivity index (χ4v) is 0.829. The lowest BCUT2D eigenvalue weighted by atomic mass is 10.2. The number of ether oxygens (including phenoxy) is 2. The second-order valence-electron chi connectivity index (χ2n) is 4.44. The first-order valence-corrected chi connectivity index (χ1v) is 5.70. The Morgan fingerprint density at radius 3 is 2.33 bits per heavy atom. The van der Waals surface area contributed by atoms with Crippen LogP contribution in [-0.4, -0.2) is 47.8 Å². The quantitative estimate of drug-likeness (QED) is 0.453. The van der Waals surface area contributed by atoms with Crippen molar-refractivity contribution in [3.05, 3.63) is 0 Å². The van der Waals surface area contributed by atoms with Crippen molar-refractivity contribution in [2.24, 2.45) is 0 Å². The third kappa shape index (κ3) is 7.86. The minimum atomic E-state index is -0.817. The Bertz CT molecular complexity index is 273. The average molecular weight is 263 g/mol. The third-order valence-electron chi connectivity index (χ3n) is 1.54. The molecule has 0 aromatic heterocycles. The number of aliphatic hydroxyl groups is 1. The molecule has 1 N–H and O–H groups in total. The Kier molecular flexibility index (Phi) is 7.30. The van der Waals surface area contributed by atoms with Crippen LogP contribution in [-0.2, 0) is 19.1 Å². The molecule has 106 valence electrons. The molecule has 0 aromatic carbocycles. The van der Waals surface area contributed by atoms with Crippen molar-refractivity contribution < 1.29 is 29.0 Å². The maximum atomic E-state index is 11.7. The first-order valence-electron chi connectivity index (χ1n) is 5.70. The van der Waals surface area contributed by atoms with Gasteiger partial charge in [0.1, 0.15) is 5.60 Å². The van der Waals surface area contributed by atoms with Crippen LogP contribution in [0.3, 0.4) is 0 Å². The van der Waals surface area contributed by atoms with Gasteiger partial charge < -0.3 is 19.4 Å². The Hall–Kier alpha value is -1.34. The van der Waals surface area contributed by atoms with Gasteiger partial charge in [-0.2, -0.15) is 0 Å². The van der Waals surface area contributed by atoms with Gasteiger partial charge in [-0.3, -0.25) is 0 Å². The molecule has 0 aliphatic carbocycles. The lowest BCUT2D eigenvalue weighted by Crippen LogP contribution is -2.39. The molecule has 0 atom stereocenters. The summed E-state index contributed by atoms with van der Waals surface area (Å²) in [6.07, 6.45) is -0.693. The molecule has 0 spiro atoms. The second kappa shape index (κ2) is 7.88. The summed E-state index contributed by atoms with van der Waals surface area (Å²) < 4.78 is 9.97.